The first-order valence-electron chi connectivity index (χ1n) is 11.7. The summed E-state index contributed by atoms with van der Waals surface area (Å²) in [7, 11) is 0. The molecular weight excluding hydrogens is 492 g/mol. The van der Waals surface area contributed by atoms with Crippen molar-refractivity contribution in [2.45, 2.75) is 36.9 Å². The van der Waals surface area contributed by atoms with Crippen LogP contribution >= 0.6 is 23.5 Å². The zero-order valence-corrected chi connectivity index (χ0v) is 21.3. The number of nitrogens with one attached hydrogen (secondary N) is 4. The van der Waals surface area contributed by atoms with Crippen molar-refractivity contribution in [3.05, 3.63) is 93.7 Å². The maximum Gasteiger partial charge on any atom is 0.239 e. The van der Waals surface area contributed by atoms with Crippen molar-refractivity contribution in [3.8, 4) is 0 Å². The molecule has 0 radical (unpaired) electrons. The fraction of sp³-hybridized carbons (Fsp3) is 0.269. The van der Waals surface area contributed by atoms with Crippen LogP contribution in [0.25, 0.3) is 0 Å². The summed E-state index contributed by atoms with van der Waals surface area (Å²) >= 11 is 2.18. The van der Waals surface area contributed by atoms with Gasteiger partial charge in [0, 0.05) is 33.9 Å². The number of hydrogen-bond donors (Lipinski definition) is 6. The number of Topliss-reactive ketones (excluding diaryl/α,β-unsaturated/α-hetero) is 1. The molecule has 1 aliphatic rings. The molecule has 188 valence electrons. The number of ketones is 1. The average Bonchev–Trinajstić information content (AvgIpc) is 3.61. The molecule has 0 saturated carbocycles. The van der Waals surface area contributed by atoms with E-state index in [1.807, 2.05) is 60.7 Å². The lowest BCUT2D eigenvalue weighted by molar-refractivity contribution is -0.129. The topological polar surface area (TPSA) is 146 Å². The molecule has 1 aromatic heterocycles. The molecular formula is C26H30N6O2S2. The molecule has 2 aromatic carbocycles. The Bertz CT molecular complexity index is 1140. The Morgan fingerprint density at radius 2 is 1.72 bits per heavy atom. The van der Waals surface area contributed by atoms with E-state index in [0.717, 1.165) is 36.2 Å². The van der Waals surface area contributed by atoms with Crippen LogP contribution < -0.4 is 26.2 Å². The van der Waals surface area contributed by atoms with E-state index in [9.17, 15) is 9.59 Å². The SMILES string of the molecule is N=C(N)c1csc(C(NC(=O)[C@H](NSN)C(c2ccccc2)c2ccccc2)C(=O)[C@@H]2CCCN2)c1. The van der Waals surface area contributed by atoms with Crippen molar-refractivity contribution >= 4 is 41.0 Å². The molecule has 8 N–H and O–H groups in total. The van der Waals surface area contributed by atoms with Crippen molar-refractivity contribution in [2.24, 2.45) is 10.9 Å². The number of amidine groups is 1. The number of benzene rings is 2. The Morgan fingerprint density at radius 1 is 1.08 bits per heavy atom. The lowest BCUT2D eigenvalue weighted by Crippen LogP contribution is -2.50. The maximum absolute atomic E-state index is 13.9. The predicted octanol–water partition coefficient (Wildman–Crippen LogP) is 2.82. The summed E-state index contributed by atoms with van der Waals surface area (Å²) in [6, 6.07) is 19.2. The summed E-state index contributed by atoms with van der Waals surface area (Å²) in [4.78, 5) is 28.1. The molecule has 1 amide bonds. The largest absolute Gasteiger partial charge is 0.384 e. The Labute approximate surface area is 219 Å². The average molecular weight is 523 g/mol. The van der Waals surface area contributed by atoms with E-state index < -0.39 is 12.1 Å². The van der Waals surface area contributed by atoms with Crippen molar-refractivity contribution in [1.29, 1.82) is 5.41 Å². The molecule has 10 heteroatoms. The molecule has 1 fully saturated rings. The quantitative estimate of drug-likeness (QED) is 0.129. The minimum Gasteiger partial charge on any atom is -0.384 e. The van der Waals surface area contributed by atoms with Crippen molar-refractivity contribution in [1.82, 2.24) is 15.4 Å². The Hall–Kier alpha value is -3.02. The third-order valence-electron chi connectivity index (χ3n) is 6.32. The lowest BCUT2D eigenvalue weighted by Gasteiger charge is -2.29. The predicted molar refractivity (Wildman–Crippen MR) is 146 cm³/mol. The van der Waals surface area contributed by atoms with Gasteiger partial charge >= 0.3 is 0 Å². The number of rotatable bonds is 11. The Kier molecular flexibility index (Phi) is 8.89. The highest BCUT2D eigenvalue weighted by Gasteiger charge is 2.37. The van der Waals surface area contributed by atoms with Crippen LogP contribution in [-0.2, 0) is 9.59 Å². The Balaban J connectivity index is 1.69. The van der Waals surface area contributed by atoms with Crippen LogP contribution in [-0.4, -0.2) is 36.2 Å². The van der Waals surface area contributed by atoms with Gasteiger partial charge in [-0.1, -0.05) is 60.7 Å². The van der Waals surface area contributed by atoms with Crippen molar-refractivity contribution in [2.75, 3.05) is 6.54 Å². The van der Waals surface area contributed by atoms with E-state index in [2.05, 4.69) is 15.4 Å². The molecule has 1 aliphatic heterocycles. The number of amides is 1. The monoisotopic (exact) mass is 522 g/mol. The van der Waals surface area contributed by atoms with E-state index >= 15 is 0 Å². The standard InChI is InChI=1S/C26H30N6O2S2/c27-25(28)18-14-20(35-15-18)22(24(33)19-12-7-13-30-19)31-26(34)23(32-36-29)21(16-8-3-1-4-9-16)17-10-5-2-6-11-17/h1-6,8-11,14-15,19,21-23,30,32H,7,12-13,29H2,(H3,27,28)(H,31,34)/t19-,22?,23+/m0/s1. The van der Waals surface area contributed by atoms with Gasteiger partial charge in [-0.3, -0.25) is 20.1 Å². The van der Waals surface area contributed by atoms with Gasteiger partial charge < -0.3 is 16.4 Å². The van der Waals surface area contributed by atoms with Gasteiger partial charge in [-0.15, -0.1) is 11.3 Å². The van der Waals surface area contributed by atoms with Crippen LogP contribution in [0.1, 0.15) is 46.4 Å². The highest BCUT2D eigenvalue weighted by Crippen LogP contribution is 2.31. The van der Waals surface area contributed by atoms with Gasteiger partial charge in [0.15, 0.2) is 5.78 Å². The third kappa shape index (κ3) is 6.03. The summed E-state index contributed by atoms with van der Waals surface area (Å²) in [6.07, 6.45) is 1.62. The van der Waals surface area contributed by atoms with E-state index in [1.165, 1.54) is 11.3 Å². The second kappa shape index (κ2) is 12.3. The summed E-state index contributed by atoms with van der Waals surface area (Å²) < 4.78 is 3.07. The van der Waals surface area contributed by atoms with E-state index in [-0.39, 0.29) is 29.5 Å². The summed E-state index contributed by atoms with van der Waals surface area (Å²) in [5.74, 6) is -0.881. The first-order chi connectivity index (χ1) is 17.5. The fourth-order valence-corrected chi connectivity index (χ4v) is 5.89. The summed E-state index contributed by atoms with van der Waals surface area (Å²) in [5.41, 5.74) is 8.08. The van der Waals surface area contributed by atoms with Crippen molar-refractivity contribution in [3.63, 3.8) is 0 Å². The van der Waals surface area contributed by atoms with Gasteiger partial charge in [0.25, 0.3) is 0 Å². The van der Waals surface area contributed by atoms with Gasteiger partial charge in [0.1, 0.15) is 17.9 Å². The van der Waals surface area contributed by atoms with Crippen LogP contribution in [0, 0.1) is 5.41 Å². The second-order valence-electron chi connectivity index (χ2n) is 8.66. The van der Waals surface area contributed by atoms with Gasteiger partial charge in [-0.25, -0.2) is 4.72 Å². The van der Waals surface area contributed by atoms with Crippen LogP contribution in [0.4, 0.5) is 0 Å². The fourth-order valence-electron chi connectivity index (χ4n) is 4.53. The highest BCUT2D eigenvalue weighted by atomic mass is 32.2. The smallest absolute Gasteiger partial charge is 0.239 e. The number of nitrogen functional groups attached to an aromatic ring is 1. The zero-order valence-electron chi connectivity index (χ0n) is 19.6. The molecule has 4 rings (SSSR count). The normalized spacial score (nSPS) is 17.0. The second-order valence-corrected chi connectivity index (χ2v) is 10.1. The molecule has 3 aromatic rings. The number of hydrogen-bond acceptors (Lipinski definition) is 8. The Morgan fingerprint density at radius 3 is 2.22 bits per heavy atom. The molecule has 2 heterocycles. The van der Waals surface area contributed by atoms with Crippen LogP contribution in [0.3, 0.4) is 0 Å². The molecule has 0 aliphatic carbocycles. The lowest BCUT2D eigenvalue weighted by atomic mass is 9.84. The highest BCUT2D eigenvalue weighted by molar-refractivity contribution is 7.95. The van der Waals surface area contributed by atoms with Crippen LogP contribution in [0.15, 0.2) is 72.1 Å². The molecule has 1 saturated heterocycles. The number of carbonyl (C=O) groups excluding carboxylic acids is 2. The van der Waals surface area contributed by atoms with Gasteiger partial charge in [0.05, 0.1) is 6.04 Å². The molecule has 0 bridgehead atoms. The molecule has 3 atom stereocenters. The maximum atomic E-state index is 13.9. The number of carbonyl (C=O) groups is 2. The third-order valence-corrected chi connectivity index (χ3v) is 7.71. The summed E-state index contributed by atoms with van der Waals surface area (Å²) in [6.45, 7) is 0.762. The van der Waals surface area contributed by atoms with E-state index in [0.29, 0.717) is 16.9 Å². The first kappa shape index (κ1) is 26.1. The van der Waals surface area contributed by atoms with E-state index in [4.69, 9.17) is 16.3 Å². The molecule has 1 unspecified atom stereocenters. The van der Waals surface area contributed by atoms with Crippen LogP contribution in [0.2, 0.25) is 0 Å². The van der Waals surface area contributed by atoms with Gasteiger partial charge in [-0.05, 0) is 36.6 Å². The van der Waals surface area contributed by atoms with Gasteiger partial charge in [0.2, 0.25) is 5.91 Å². The first-order valence-corrected chi connectivity index (χ1v) is 13.5. The number of nitrogens with two attached hydrogens (primary N) is 2. The molecule has 36 heavy (non-hydrogen) atoms. The minimum absolute atomic E-state index is 0.0821. The minimum atomic E-state index is -0.870. The van der Waals surface area contributed by atoms with E-state index in [1.54, 1.807) is 11.4 Å². The summed E-state index contributed by atoms with van der Waals surface area (Å²) in [5, 5.41) is 21.5. The van der Waals surface area contributed by atoms with Crippen LogP contribution in [0.5, 0.6) is 0 Å². The number of thiophene rings is 1. The van der Waals surface area contributed by atoms with Gasteiger partial charge in [-0.2, -0.15) is 0 Å². The van der Waals surface area contributed by atoms with Crippen molar-refractivity contribution < 1.29 is 9.59 Å². The molecule has 8 nitrogen and oxygen atoms in total. The molecule has 0 spiro atoms. The zero-order chi connectivity index (χ0) is 25.5.